The summed E-state index contributed by atoms with van der Waals surface area (Å²) in [7, 11) is 0. The molecule has 1 amide bonds. The van der Waals surface area contributed by atoms with Crippen molar-refractivity contribution >= 4 is 28.3 Å². The summed E-state index contributed by atoms with van der Waals surface area (Å²) in [6.45, 7) is 4.03. The molecule has 0 aliphatic carbocycles. The smallest absolute Gasteiger partial charge is 0.257 e. The molecule has 1 aliphatic heterocycles. The summed E-state index contributed by atoms with van der Waals surface area (Å²) in [6, 6.07) is 21.8. The summed E-state index contributed by atoms with van der Waals surface area (Å²) in [5, 5.41) is 4.29. The van der Waals surface area contributed by atoms with Crippen molar-refractivity contribution in [3.8, 4) is 5.75 Å². The van der Waals surface area contributed by atoms with Crippen LogP contribution in [0.4, 0.5) is 11.4 Å². The van der Waals surface area contributed by atoms with E-state index >= 15 is 0 Å². The molecule has 6 heteroatoms. The Hall–Kier alpha value is -3.93. The van der Waals surface area contributed by atoms with Gasteiger partial charge in [-0.3, -0.25) is 4.79 Å². The Labute approximate surface area is 193 Å². The largest absolute Gasteiger partial charge is 0.489 e. The first-order valence-corrected chi connectivity index (χ1v) is 11.3. The van der Waals surface area contributed by atoms with Crippen LogP contribution in [0.1, 0.15) is 34.5 Å². The zero-order chi connectivity index (χ0) is 22.6. The number of carbonyl (C=O) groups is 1. The third-order valence-electron chi connectivity index (χ3n) is 5.86. The lowest BCUT2D eigenvalue weighted by atomic mass is 10.1. The van der Waals surface area contributed by atoms with Gasteiger partial charge in [-0.2, -0.15) is 0 Å². The Bertz CT molecular complexity index is 1270. The Morgan fingerprint density at radius 1 is 1.00 bits per heavy atom. The van der Waals surface area contributed by atoms with E-state index < -0.39 is 0 Å². The first kappa shape index (κ1) is 20.9. The van der Waals surface area contributed by atoms with Crippen molar-refractivity contribution in [1.82, 2.24) is 14.9 Å². The molecule has 1 N–H and O–H groups in total. The van der Waals surface area contributed by atoms with Crippen molar-refractivity contribution in [2.45, 2.75) is 26.4 Å². The quantitative estimate of drug-likeness (QED) is 0.431. The Morgan fingerprint density at radius 3 is 2.52 bits per heavy atom. The lowest BCUT2D eigenvalue weighted by molar-refractivity contribution is 0.0793. The number of likely N-dealkylation sites (tertiary alicyclic amines) is 1. The van der Waals surface area contributed by atoms with E-state index in [0.29, 0.717) is 17.8 Å². The fourth-order valence-corrected chi connectivity index (χ4v) is 4.08. The molecule has 1 aliphatic rings. The molecule has 0 saturated carbocycles. The van der Waals surface area contributed by atoms with E-state index in [2.05, 4.69) is 15.3 Å². The Balaban J connectivity index is 1.42. The molecule has 6 nitrogen and oxygen atoms in total. The number of nitrogens with zero attached hydrogens (tertiary/aromatic N) is 3. The van der Waals surface area contributed by atoms with Crippen molar-refractivity contribution < 1.29 is 9.53 Å². The first-order valence-electron chi connectivity index (χ1n) is 11.3. The summed E-state index contributed by atoms with van der Waals surface area (Å²) in [4.78, 5) is 24.2. The number of benzene rings is 2. The molecule has 0 spiro atoms. The van der Waals surface area contributed by atoms with Crippen molar-refractivity contribution in [2.24, 2.45) is 0 Å². The first-order chi connectivity index (χ1) is 16.2. The molecule has 166 valence electrons. The second kappa shape index (κ2) is 9.28. The highest BCUT2D eigenvalue weighted by Crippen LogP contribution is 2.31. The minimum Gasteiger partial charge on any atom is -0.489 e. The van der Waals surface area contributed by atoms with E-state index in [-0.39, 0.29) is 5.91 Å². The predicted octanol–water partition coefficient (Wildman–Crippen LogP) is 5.50. The second-order valence-corrected chi connectivity index (χ2v) is 8.29. The molecule has 0 radical (unpaired) electrons. The topological polar surface area (TPSA) is 67.3 Å². The lowest BCUT2D eigenvalue weighted by Gasteiger charge is -2.19. The fraction of sp³-hybridized carbons (Fsp3) is 0.222. The van der Waals surface area contributed by atoms with Crippen molar-refractivity contribution in [1.29, 1.82) is 0 Å². The van der Waals surface area contributed by atoms with Gasteiger partial charge in [-0.25, -0.2) is 9.97 Å². The van der Waals surface area contributed by atoms with Gasteiger partial charge in [-0.1, -0.05) is 30.3 Å². The summed E-state index contributed by atoms with van der Waals surface area (Å²) in [6.07, 6.45) is 3.73. The van der Waals surface area contributed by atoms with Crippen LogP contribution in [-0.4, -0.2) is 33.9 Å². The molecule has 4 aromatic rings. The summed E-state index contributed by atoms with van der Waals surface area (Å²) in [5.41, 5.74) is 4.81. The van der Waals surface area contributed by atoms with Crippen LogP contribution in [0.2, 0.25) is 0 Å². The number of aryl methyl sites for hydroxylation is 1. The van der Waals surface area contributed by atoms with E-state index in [9.17, 15) is 4.79 Å². The maximum Gasteiger partial charge on any atom is 0.257 e. The van der Waals surface area contributed by atoms with E-state index in [1.54, 1.807) is 6.20 Å². The zero-order valence-electron chi connectivity index (χ0n) is 18.6. The molecule has 1 fully saturated rings. The number of hydrogen-bond donors (Lipinski definition) is 1. The van der Waals surface area contributed by atoms with Gasteiger partial charge >= 0.3 is 0 Å². The summed E-state index contributed by atoms with van der Waals surface area (Å²) < 4.78 is 5.90. The van der Waals surface area contributed by atoms with E-state index in [1.165, 1.54) is 0 Å². The summed E-state index contributed by atoms with van der Waals surface area (Å²) >= 11 is 0. The molecule has 5 rings (SSSR count). The molecule has 33 heavy (non-hydrogen) atoms. The van der Waals surface area contributed by atoms with Gasteiger partial charge in [0.15, 0.2) is 5.65 Å². The number of ether oxygens (including phenoxy) is 1. The molecule has 0 atom stereocenters. The van der Waals surface area contributed by atoms with Crippen LogP contribution >= 0.6 is 0 Å². The number of pyridine rings is 2. The van der Waals surface area contributed by atoms with Crippen LogP contribution in [-0.2, 0) is 6.61 Å². The molecule has 0 bridgehead atoms. The average Bonchev–Trinajstić information content (AvgIpc) is 3.39. The van der Waals surface area contributed by atoms with E-state index in [1.807, 2.05) is 78.6 Å². The lowest BCUT2D eigenvalue weighted by Crippen LogP contribution is -2.28. The molecule has 2 aromatic carbocycles. The molecule has 3 heterocycles. The summed E-state index contributed by atoms with van der Waals surface area (Å²) in [5.74, 6) is 0.794. The molecule has 0 unspecified atom stereocenters. The Kier molecular flexibility index (Phi) is 5.89. The number of aromatic nitrogens is 2. The average molecular weight is 439 g/mol. The maximum atomic E-state index is 13.2. The maximum absolute atomic E-state index is 13.2. The predicted molar refractivity (Wildman–Crippen MR) is 130 cm³/mol. The number of amides is 1. The van der Waals surface area contributed by atoms with Gasteiger partial charge in [-0.05, 0) is 61.7 Å². The van der Waals surface area contributed by atoms with Gasteiger partial charge in [0.2, 0.25) is 0 Å². The number of hydrogen-bond acceptors (Lipinski definition) is 5. The number of anilines is 2. The van der Waals surface area contributed by atoms with Gasteiger partial charge in [0.25, 0.3) is 5.91 Å². The van der Waals surface area contributed by atoms with Crippen molar-refractivity contribution in [3.05, 3.63) is 89.7 Å². The monoisotopic (exact) mass is 438 g/mol. The molecule has 1 saturated heterocycles. The van der Waals surface area contributed by atoms with Crippen molar-refractivity contribution in [2.75, 3.05) is 18.4 Å². The van der Waals surface area contributed by atoms with Crippen LogP contribution < -0.4 is 10.1 Å². The van der Waals surface area contributed by atoms with Gasteiger partial charge in [0.1, 0.15) is 12.4 Å². The molecule has 2 aromatic heterocycles. The van der Waals surface area contributed by atoms with Gasteiger partial charge in [-0.15, -0.1) is 0 Å². The zero-order valence-corrected chi connectivity index (χ0v) is 18.6. The molecular weight excluding hydrogens is 412 g/mol. The van der Waals surface area contributed by atoms with E-state index in [4.69, 9.17) is 4.74 Å². The standard InChI is InChI=1S/C27H26N4O2/c1-19-9-14-23-25(24(17-28-26(23)29-19)27(32)31-15-5-6-16-31)30-21-10-12-22(13-11-21)33-18-20-7-3-2-4-8-20/h2-4,7-14,17H,5-6,15-16,18H2,1H3,(H,28,29,30). The van der Waals surface area contributed by atoms with Crippen LogP contribution in [0.25, 0.3) is 11.0 Å². The highest BCUT2D eigenvalue weighted by Gasteiger charge is 2.24. The normalized spacial score (nSPS) is 13.3. The SMILES string of the molecule is Cc1ccc2c(Nc3ccc(OCc4ccccc4)cc3)c(C(=O)N3CCCC3)cnc2n1. The van der Waals surface area contributed by atoms with Crippen LogP contribution in [0.15, 0.2) is 72.9 Å². The third-order valence-corrected chi connectivity index (χ3v) is 5.86. The number of rotatable bonds is 6. The number of carbonyl (C=O) groups excluding carboxylic acids is 1. The number of fused-ring (bicyclic) bond motifs is 1. The van der Waals surface area contributed by atoms with E-state index in [0.717, 1.165) is 59.7 Å². The van der Waals surface area contributed by atoms with Crippen LogP contribution in [0.3, 0.4) is 0 Å². The van der Waals surface area contributed by atoms with Crippen LogP contribution in [0, 0.1) is 6.92 Å². The minimum atomic E-state index is 0.00721. The minimum absolute atomic E-state index is 0.00721. The van der Waals surface area contributed by atoms with Gasteiger partial charge in [0.05, 0.1) is 11.3 Å². The fourth-order valence-electron chi connectivity index (χ4n) is 4.08. The number of nitrogens with one attached hydrogen (secondary N) is 1. The second-order valence-electron chi connectivity index (χ2n) is 8.29. The third kappa shape index (κ3) is 4.65. The van der Waals surface area contributed by atoms with Crippen LogP contribution in [0.5, 0.6) is 5.75 Å². The Morgan fingerprint density at radius 2 is 1.76 bits per heavy atom. The van der Waals surface area contributed by atoms with Gasteiger partial charge < -0.3 is 15.0 Å². The highest BCUT2D eigenvalue weighted by molar-refractivity contribution is 6.07. The molecular formula is C27H26N4O2. The van der Waals surface area contributed by atoms with Gasteiger partial charge in [0, 0.05) is 36.1 Å². The highest BCUT2D eigenvalue weighted by atomic mass is 16.5. The van der Waals surface area contributed by atoms with Crippen molar-refractivity contribution in [3.63, 3.8) is 0 Å².